The molecular formula is C9H9NO3. The van der Waals surface area contributed by atoms with Crippen molar-refractivity contribution in [1.82, 2.24) is 4.98 Å². The van der Waals surface area contributed by atoms with Crippen LogP contribution in [-0.2, 0) is 9.53 Å². The van der Waals surface area contributed by atoms with E-state index in [9.17, 15) is 9.90 Å². The number of hydrogen-bond acceptors (Lipinski definition) is 4. The summed E-state index contributed by atoms with van der Waals surface area (Å²) < 4.78 is 4.35. The van der Waals surface area contributed by atoms with Crippen LogP contribution in [0, 0.1) is 0 Å². The number of carbonyl (C=O) groups excluding carboxylic acids is 1. The molecule has 4 heteroatoms. The molecule has 0 aliphatic carbocycles. The van der Waals surface area contributed by atoms with Crippen molar-refractivity contribution in [3.8, 4) is 0 Å². The zero-order valence-corrected chi connectivity index (χ0v) is 7.10. The first-order valence-corrected chi connectivity index (χ1v) is 3.63. The highest BCUT2D eigenvalue weighted by atomic mass is 16.5. The maximum atomic E-state index is 10.7. The summed E-state index contributed by atoms with van der Waals surface area (Å²) in [5.41, 5.74) is 0.528. The van der Waals surface area contributed by atoms with E-state index in [4.69, 9.17) is 0 Å². The maximum Gasteiger partial charge on any atom is 0.334 e. The number of pyridine rings is 1. The molecule has 0 saturated carbocycles. The van der Waals surface area contributed by atoms with E-state index in [1.807, 2.05) is 0 Å². The van der Waals surface area contributed by atoms with Gasteiger partial charge in [0, 0.05) is 18.0 Å². The third kappa shape index (κ3) is 2.59. The Bertz CT molecular complexity index is 319. The number of aliphatic hydroxyl groups is 1. The van der Waals surface area contributed by atoms with Crippen molar-refractivity contribution in [3.05, 3.63) is 36.2 Å². The highest BCUT2D eigenvalue weighted by Gasteiger charge is 2.01. The molecule has 1 rings (SSSR count). The fraction of sp³-hybridized carbons (Fsp3) is 0.111. The Morgan fingerprint density at radius 3 is 2.69 bits per heavy atom. The van der Waals surface area contributed by atoms with Gasteiger partial charge in [-0.3, -0.25) is 4.98 Å². The van der Waals surface area contributed by atoms with E-state index in [1.165, 1.54) is 19.5 Å². The highest BCUT2D eigenvalue weighted by molar-refractivity contribution is 5.89. The lowest BCUT2D eigenvalue weighted by molar-refractivity contribution is -0.134. The van der Waals surface area contributed by atoms with E-state index in [0.717, 1.165) is 6.08 Å². The summed E-state index contributed by atoms with van der Waals surface area (Å²) in [7, 11) is 1.25. The van der Waals surface area contributed by atoms with E-state index in [0.29, 0.717) is 5.56 Å². The van der Waals surface area contributed by atoms with Gasteiger partial charge < -0.3 is 9.84 Å². The van der Waals surface area contributed by atoms with E-state index >= 15 is 0 Å². The lowest BCUT2D eigenvalue weighted by Gasteiger charge is -1.97. The predicted molar refractivity (Wildman–Crippen MR) is 46.9 cm³/mol. The third-order valence-corrected chi connectivity index (χ3v) is 1.43. The molecular weight excluding hydrogens is 170 g/mol. The predicted octanol–water partition coefficient (Wildman–Crippen LogP) is 1.15. The van der Waals surface area contributed by atoms with Gasteiger partial charge in [-0.2, -0.15) is 0 Å². The Hall–Kier alpha value is -1.84. The molecule has 1 aromatic rings. The number of nitrogens with zero attached hydrogens (tertiary/aromatic N) is 1. The summed E-state index contributed by atoms with van der Waals surface area (Å²) in [6, 6.07) is 3.18. The summed E-state index contributed by atoms with van der Waals surface area (Å²) in [5.74, 6) is -0.719. The number of carbonyl (C=O) groups is 1. The minimum atomic E-state index is -0.589. The maximum absolute atomic E-state index is 10.7. The van der Waals surface area contributed by atoms with Crippen LogP contribution in [0.25, 0.3) is 5.76 Å². The fourth-order valence-electron chi connectivity index (χ4n) is 0.777. The lowest BCUT2D eigenvalue weighted by Crippen LogP contribution is -1.96. The van der Waals surface area contributed by atoms with E-state index in [2.05, 4.69) is 9.72 Å². The summed E-state index contributed by atoms with van der Waals surface area (Å²) in [5, 5.41) is 9.35. The minimum Gasteiger partial charge on any atom is -0.507 e. The molecule has 0 spiro atoms. The van der Waals surface area contributed by atoms with Crippen LogP contribution in [0.4, 0.5) is 0 Å². The molecule has 13 heavy (non-hydrogen) atoms. The van der Waals surface area contributed by atoms with Crippen LogP contribution in [0.3, 0.4) is 0 Å². The quantitative estimate of drug-likeness (QED) is 0.420. The lowest BCUT2D eigenvalue weighted by atomic mass is 10.2. The minimum absolute atomic E-state index is 0.130. The van der Waals surface area contributed by atoms with Crippen LogP contribution in [0.5, 0.6) is 0 Å². The van der Waals surface area contributed by atoms with Gasteiger partial charge in [0.15, 0.2) is 0 Å². The molecule has 0 aliphatic heterocycles. The average molecular weight is 179 g/mol. The molecule has 0 bridgehead atoms. The van der Waals surface area contributed by atoms with Gasteiger partial charge in [0.1, 0.15) is 5.76 Å². The van der Waals surface area contributed by atoms with Gasteiger partial charge in [-0.15, -0.1) is 0 Å². The summed E-state index contributed by atoms with van der Waals surface area (Å²) in [6.45, 7) is 0. The van der Waals surface area contributed by atoms with Crippen molar-refractivity contribution in [2.75, 3.05) is 7.11 Å². The van der Waals surface area contributed by atoms with Gasteiger partial charge >= 0.3 is 5.97 Å². The molecule has 68 valence electrons. The highest BCUT2D eigenvalue weighted by Crippen LogP contribution is 2.08. The molecule has 1 heterocycles. The smallest absolute Gasteiger partial charge is 0.334 e. The Labute approximate surface area is 75.5 Å². The van der Waals surface area contributed by atoms with E-state index < -0.39 is 5.97 Å². The fourth-order valence-corrected chi connectivity index (χ4v) is 0.777. The molecule has 4 nitrogen and oxygen atoms in total. The van der Waals surface area contributed by atoms with Gasteiger partial charge in [0.2, 0.25) is 0 Å². The third-order valence-electron chi connectivity index (χ3n) is 1.43. The SMILES string of the molecule is COC(=O)/C=C(\O)c1ccncc1. The van der Waals surface area contributed by atoms with Crippen molar-refractivity contribution in [3.63, 3.8) is 0 Å². The monoisotopic (exact) mass is 179 g/mol. The van der Waals surface area contributed by atoms with Crippen molar-refractivity contribution in [2.24, 2.45) is 0 Å². The molecule has 0 radical (unpaired) electrons. The Morgan fingerprint density at radius 2 is 2.15 bits per heavy atom. The number of hydrogen-bond donors (Lipinski definition) is 1. The molecule has 0 aliphatic rings. The molecule has 0 fully saturated rings. The van der Waals surface area contributed by atoms with Gasteiger partial charge in [0.25, 0.3) is 0 Å². The Balaban J connectivity index is 2.85. The normalized spacial score (nSPS) is 11.0. The first-order valence-electron chi connectivity index (χ1n) is 3.63. The van der Waals surface area contributed by atoms with Crippen molar-refractivity contribution in [2.45, 2.75) is 0 Å². The van der Waals surface area contributed by atoms with Crippen LogP contribution >= 0.6 is 0 Å². The summed E-state index contributed by atoms with van der Waals surface area (Å²) in [4.78, 5) is 14.5. The van der Waals surface area contributed by atoms with E-state index in [-0.39, 0.29) is 5.76 Å². The molecule has 0 aromatic carbocycles. The summed E-state index contributed by atoms with van der Waals surface area (Å²) >= 11 is 0. The Kier molecular flexibility index (Phi) is 3.03. The van der Waals surface area contributed by atoms with Crippen molar-refractivity contribution < 1.29 is 14.6 Å². The number of aliphatic hydroxyl groups excluding tert-OH is 1. The van der Waals surface area contributed by atoms with Crippen molar-refractivity contribution >= 4 is 11.7 Å². The second kappa shape index (κ2) is 4.25. The first-order chi connectivity index (χ1) is 6.24. The molecule has 1 aromatic heterocycles. The number of rotatable bonds is 2. The van der Waals surface area contributed by atoms with Gasteiger partial charge in [0.05, 0.1) is 13.2 Å². The average Bonchev–Trinajstić information content (AvgIpc) is 2.19. The van der Waals surface area contributed by atoms with Gasteiger partial charge in [-0.05, 0) is 12.1 Å². The van der Waals surface area contributed by atoms with Gasteiger partial charge in [-0.25, -0.2) is 4.79 Å². The zero-order valence-electron chi connectivity index (χ0n) is 7.10. The number of aromatic nitrogens is 1. The molecule has 0 unspecified atom stereocenters. The van der Waals surface area contributed by atoms with Crippen LogP contribution < -0.4 is 0 Å². The topological polar surface area (TPSA) is 59.4 Å². The number of ether oxygens (including phenoxy) is 1. The van der Waals surface area contributed by atoms with E-state index in [1.54, 1.807) is 12.1 Å². The summed E-state index contributed by atoms with van der Waals surface area (Å²) in [6.07, 6.45) is 4.06. The molecule has 0 atom stereocenters. The first kappa shape index (κ1) is 9.25. The van der Waals surface area contributed by atoms with Crippen LogP contribution in [-0.4, -0.2) is 23.2 Å². The molecule has 0 saturated heterocycles. The largest absolute Gasteiger partial charge is 0.507 e. The van der Waals surface area contributed by atoms with Crippen LogP contribution in [0.1, 0.15) is 5.56 Å². The zero-order chi connectivity index (χ0) is 9.68. The number of esters is 1. The second-order valence-corrected chi connectivity index (χ2v) is 2.29. The van der Waals surface area contributed by atoms with Crippen LogP contribution in [0.15, 0.2) is 30.6 Å². The number of methoxy groups -OCH3 is 1. The molecule has 1 N–H and O–H groups in total. The van der Waals surface area contributed by atoms with Gasteiger partial charge in [-0.1, -0.05) is 0 Å². The second-order valence-electron chi connectivity index (χ2n) is 2.29. The standard InChI is InChI=1S/C9H9NO3/c1-13-9(12)6-8(11)7-2-4-10-5-3-7/h2-6,11H,1H3/b8-6-. The molecule has 0 amide bonds. The van der Waals surface area contributed by atoms with Crippen molar-refractivity contribution in [1.29, 1.82) is 0 Å². The Morgan fingerprint density at radius 1 is 1.54 bits per heavy atom. The van der Waals surface area contributed by atoms with Crippen LogP contribution in [0.2, 0.25) is 0 Å².